The zero-order valence-electron chi connectivity index (χ0n) is 19.5. The number of aliphatic carboxylic acids is 1. The number of thioether (sulfide) groups is 1. The summed E-state index contributed by atoms with van der Waals surface area (Å²) >= 11 is 1.50. The van der Waals surface area contributed by atoms with Crippen LogP contribution in [0.5, 0.6) is 0 Å². The van der Waals surface area contributed by atoms with Gasteiger partial charge in [0, 0.05) is 23.5 Å². The Morgan fingerprint density at radius 2 is 1.74 bits per heavy atom. The van der Waals surface area contributed by atoms with Gasteiger partial charge in [0.05, 0.1) is 12.5 Å². The average molecular weight is 493 g/mol. The molecule has 0 saturated heterocycles. The molecular formula is C23H32N4O6S. The minimum absolute atomic E-state index is 0.0670. The third-order valence-electron chi connectivity index (χ3n) is 5.21. The number of carboxylic acids is 1. The summed E-state index contributed by atoms with van der Waals surface area (Å²) in [6, 6.07) is 4.35. The Labute approximate surface area is 202 Å². The number of hydrogen-bond acceptors (Lipinski definition) is 6. The minimum Gasteiger partial charge on any atom is -0.480 e. The summed E-state index contributed by atoms with van der Waals surface area (Å²) < 4.78 is 0. The molecule has 0 aliphatic rings. The molecule has 3 amide bonds. The van der Waals surface area contributed by atoms with Crippen LogP contribution in [0.3, 0.4) is 0 Å². The zero-order valence-corrected chi connectivity index (χ0v) is 20.3. The van der Waals surface area contributed by atoms with E-state index in [9.17, 15) is 29.4 Å². The Morgan fingerprint density at radius 3 is 2.38 bits per heavy atom. The van der Waals surface area contributed by atoms with E-state index in [4.69, 9.17) is 0 Å². The molecule has 0 aliphatic heterocycles. The second kappa shape index (κ2) is 13.0. The van der Waals surface area contributed by atoms with Gasteiger partial charge in [-0.15, -0.1) is 0 Å². The van der Waals surface area contributed by atoms with Crippen LogP contribution in [-0.2, 0) is 25.6 Å². The highest BCUT2D eigenvalue weighted by Gasteiger charge is 2.28. The Balaban J connectivity index is 2.01. The molecule has 4 atom stereocenters. The van der Waals surface area contributed by atoms with Gasteiger partial charge in [0.15, 0.2) is 0 Å². The molecule has 11 heteroatoms. The van der Waals surface area contributed by atoms with Crippen molar-refractivity contribution in [2.45, 2.75) is 57.3 Å². The van der Waals surface area contributed by atoms with Crippen molar-refractivity contribution in [2.24, 2.45) is 0 Å². The number of aromatic amines is 1. The van der Waals surface area contributed by atoms with Crippen molar-refractivity contribution in [1.82, 2.24) is 20.9 Å². The van der Waals surface area contributed by atoms with Gasteiger partial charge in [0.2, 0.25) is 17.7 Å². The van der Waals surface area contributed by atoms with Gasteiger partial charge < -0.3 is 31.1 Å². The number of aromatic nitrogens is 1. The number of hydrogen-bond donors (Lipinski definition) is 6. The monoisotopic (exact) mass is 492 g/mol. The lowest BCUT2D eigenvalue weighted by Crippen LogP contribution is -2.55. The number of fused-ring (bicyclic) bond motifs is 1. The number of carboxylic acid groups (broad SMARTS) is 1. The summed E-state index contributed by atoms with van der Waals surface area (Å²) in [6.45, 7) is 2.92. The number of aliphatic hydroxyl groups excluding tert-OH is 1. The summed E-state index contributed by atoms with van der Waals surface area (Å²) in [7, 11) is 0. The fourth-order valence-corrected chi connectivity index (χ4v) is 3.89. The van der Waals surface area contributed by atoms with E-state index in [1.165, 1.54) is 25.6 Å². The molecule has 4 unspecified atom stereocenters. The lowest BCUT2D eigenvalue weighted by molar-refractivity contribution is -0.142. The summed E-state index contributed by atoms with van der Waals surface area (Å²) in [4.78, 5) is 52.3. The minimum atomic E-state index is -1.19. The number of para-hydroxylation sites is 1. The number of nitrogens with one attached hydrogen (secondary N) is 4. The fourth-order valence-electron chi connectivity index (χ4n) is 3.42. The number of carbonyl (C=O) groups excluding carboxylic acids is 3. The Morgan fingerprint density at radius 1 is 1.03 bits per heavy atom. The highest BCUT2D eigenvalue weighted by molar-refractivity contribution is 7.98. The molecule has 1 aromatic heterocycles. The third-order valence-corrected chi connectivity index (χ3v) is 5.85. The highest BCUT2D eigenvalue weighted by atomic mass is 32.2. The number of rotatable bonds is 13. The molecule has 0 spiro atoms. The number of aliphatic hydroxyl groups is 1. The molecule has 0 saturated carbocycles. The van der Waals surface area contributed by atoms with E-state index in [2.05, 4.69) is 20.9 Å². The molecule has 1 heterocycles. The maximum atomic E-state index is 12.7. The van der Waals surface area contributed by atoms with Crippen LogP contribution in [0.2, 0.25) is 0 Å². The van der Waals surface area contributed by atoms with Crippen LogP contribution in [0.15, 0.2) is 30.5 Å². The van der Waals surface area contributed by atoms with Crippen LogP contribution in [-0.4, -0.2) is 75.1 Å². The van der Waals surface area contributed by atoms with E-state index in [1.807, 2.05) is 30.5 Å². The van der Waals surface area contributed by atoms with Crippen LogP contribution < -0.4 is 16.0 Å². The molecule has 6 N–H and O–H groups in total. The molecule has 0 bridgehead atoms. The maximum Gasteiger partial charge on any atom is 0.326 e. The van der Waals surface area contributed by atoms with Crippen molar-refractivity contribution < 1.29 is 29.4 Å². The molecule has 0 radical (unpaired) electrons. The molecule has 34 heavy (non-hydrogen) atoms. The van der Waals surface area contributed by atoms with E-state index in [-0.39, 0.29) is 12.8 Å². The summed E-state index contributed by atoms with van der Waals surface area (Å²) in [5.74, 6) is -2.28. The number of benzene rings is 1. The molecule has 2 aromatic rings. The molecule has 1 aromatic carbocycles. The predicted molar refractivity (Wildman–Crippen MR) is 130 cm³/mol. The normalized spacial score (nSPS) is 14.6. The average Bonchev–Trinajstić information content (AvgIpc) is 3.18. The topological polar surface area (TPSA) is 161 Å². The molecule has 0 aliphatic carbocycles. The van der Waals surface area contributed by atoms with Gasteiger partial charge in [-0.25, -0.2) is 4.79 Å². The van der Waals surface area contributed by atoms with Crippen molar-refractivity contribution in [2.75, 3.05) is 12.0 Å². The van der Waals surface area contributed by atoms with Gasteiger partial charge in [0.1, 0.15) is 18.1 Å². The first-order valence-corrected chi connectivity index (χ1v) is 12.4. The standard InChI is InChI=1S/C23H32N4O6S/c1-13(28)10-20(29)26-18(8-9-34-3)22(31)25-14(2)21(30)27-19(23(32)33)11-15-12-24-17-7-5-4-6-16(15)17/h4-7,12-14,18-19,24,28H,8-11H2,1-3H3,(H,25,31)(H,26,29)(H,27,30)(H,32,33). The van der Waals surface area contributed by atoms with E-state index < -0.39 is 47.9 Å². The van der Waals surface area contributed by atoms with Crippen molar-refractivity contribution in [3.63, 3.8) is 0 Å². The van der Waals surface area contributed by atoms with Crippen LogP contribution in [0.1, 0.15) is 32.3 Å². The van der Waals surface area contributed by atoms with Gasteiger partial charge in [-0.2, -0.15) is 11.8 Å². The molecule has 10 nitrogen and oxygen atoms in total. The zero-order chi connectivity index (χ0) is 25.3. The quantitative estimate of drug-likeness (QED) is 0.241. The van der Waals surface area contributed by atoms with Crippen molar-refractivity contribution >= 4 is 46.4 Å². The summed E-state index contributed by atoms with van der Waals surface area (Å²) in [6.07, 6.45) is 2.99. The number of amides is 3. The first kappa shape index (κ1) is 27.2. The SMILES string of the molecule is CSCCC(NC(=O)CC(C)O)C(=O)NC(C)C(=O)NC(Cc1c[nH]c2ccccc12)C(=O)O. The Kier molecular flexibility index (Phi) is 10.4. The van der Waals surface area contributed by atoms with E-state index in [1.54, 1.807) is 6.20 Å². The third kappa shape index (κ3) is 8.07. The van der Waals surface area contributed by atoms with Gasteiger partial charge in [-0.05, 0) is 43.9 Å². The van der Waals surface area contributed by atoms with Crippen molar-refractivity contribution in [3.05, 3.63) is 36.0 Å². The summed E-state index contributed by atoms with van der Waals surface area (Å²) in [5, 5.41) is 27.5. The maximum absolute atomic E-state index is 12.7. The first-order chi connectivity index (χ1) is 16.1. The molecule has 186 valence electrons. The number of carbonyl (C=O) groups is 4. The van der Waals surface area contributed by atoms with Crippen LogP contribution >= 0.6 is 11.8 Å². The lowest BCUT2D eigenvalue weighted by Gasteiger charge is -2.22. The molecule has 2 rings (SSSR count). The van der Waals surface area contributed by atoms with Gasteiger partial charge in [-0.3, -0.25) is 14.4 Å². The van der Waals surface area contributed by atoms with Gasteiger partial charge in [-0.1, -0.05) is 18.2 Å². The first-order valence-electron chi connectivity index (χ1n) is 11.0. The van der Waals surface area contributed by atoms with Gasteiger partial charge >= 0.3 is 5.97 Å². The predicted octanol–water partition coefficient (Wildman–Crippen LogP) is 0.793. The van der Waals surface area contributed by atoms with E-state index in [0.717, 1.165) is 16.5 Å². The van der Waals surface area contributed by atoms with Crippen LogP contribution in [0, 0.1) is 0 Å². The largest absolute Gasteiger partial charge is 0.480 e. The van der Waals surface area contributed by atoms with E-state index in [0.29, 0.717) is 12.2 Å². The van der Waals surface area contributed by atoms with E-state index >= 15 is 0 Å². The second-order valence-corrected chi connectivity index (χ2v) is 9.13. The second-order valence-electron chi connectivity index (χ2n) is 8.15. The molecule has 0 fully saturated rings. The van der Waals surface area contributed by atoms with Gasteiger partial charge in [0.25, 0.3) is 0 Å². The smallest absolute Gasteiger partial charge is 0.326 e. The van der Waals surface area contributed by atoms with Crippen LogP contribution in [0.25, 0.3) is 10.9 Å². The Bertz CT molecular complexity index is 1010. The highest BCUT2D eigenvalue weighted by Crippen LogP contribution is 2.19. The Hall–Kier alpha value is -3.05. The number of H-pyrrole nitrogens is 1. The lowest BCUT2D eigenvalue weighted by atomic mass is 10.0. The summed E-state index contributed by atoms with van der Waals surface area (Å²) in [5.41, 5.74) is 1.61. The van der Waals surface area contributed by atoms with Crippen molar-refractivity contribution in [1.29, 1.82) is 0 Å². The van der Waals surface area contributed by atoms with Crippen molar-refractivity contribution in [3.8, 4) is 0 Å². The fraction of sp³-hybridized carbons (Fsp3) is 0.478. The molecular weight excluding hydrogens is 460 g/mol. The van der Waals surface area contributed by atoms with Crippen LogP contribution in [0.4, 0.5) is 0 Å².